The number of hydrogen-bond donors (Lipinski definition) is 2. The van der Waals surface area contributed by atoms with Crippen molar-refractivity contribution in [2.24, 2.45) is 0 Å². The van der Waals surface area contributed by atoms with Crippen molar-refractivity contribution in [1.29, 1.82) is 0 Å². The molecule has 0 aliphatic heterocycles. The fourth-order valence-corrected chi connectivity index (χ4v) is 3.86. The minimum Gasteiger partial charge on any atom is -0.494 e. The molecule has 0 fully saturated rings. The molecule has 1 unspecified atom stereocenters. The molecule has 32 heavy (non-hydrogen) atoms. The maximum absolute atomic E-state index is 12.3. The van der Waals surface area contributed by atoms with E-state index in [-0.39, 0.29) is 10.9 Å². The third-order valence-electron chi connectivity index (χ3n) is 4.09. The lowest BCUT2D eigenvalue weighted by atomic mass is 10.2. The highest BCUT2D eigenvalue weighted by molar-refractivity contribution is 7.89. The average molecular weight is 461 g/mol. The molecule has 0 aromatic heterocycles. The maximum atomic E-state index is 12.3. The fraction of sp³-hybridized carbons (Fsp3) is 0.304. The highest BCUT2D eigenvalue weighted by atomic mass is 32.2. The van der Waals surface area contributed by atoms with E-state index in [0.717, 1.165) is 11.3 Å². The summed E-state index contributed by atoms with van der Waals surface area (Å²) in [4.78, 5) is 24.4. The lowest BCUT2D eigenvalue weighted by molar-refractivity contribution is -0.148. The van der Waals surface area contributed by atoms with E-state index < -0.39 is 28.0 Å². The van der Waals surface area contributed by atoms with Gasteiger partial charge in [-0.15, -0.1) is 0 Å². The number of hydrogen-bond acceptors (Lipinski definition) is 6. The van der Waals surface area contributed by atoms with Gasteiger partial charge >= 0.3 is 5.97 Å². The van der Waals surface area contributed by atoms with E-state index in [2.05, 4.69) is 10.0 Å². The van der Waals surface area contributed by atoms with Crippen LogP contribution in [0.5, 0.6) is 5.75 Å². The number of sulfonamides is 1. The molecule has 0 radical (unpaired) electrons. The van der Waals surface area contributed by atoms with Crippen LogP contribution in [-0.4, -0.2) is 39.0 Å². The summed E-state index contributed by atoms with van der Waals surface area (Å²) >= 11 is 0. The van der Waals surface area contributed by atoms with Crippen molar-refractivity contribution >= 4 is 33.7 Å². The number of benzene rings is 2. The fourth-order valence-electron chi connectivity index (χ4n) is 2.61. The number of amides is 1. The second-order valence-corrected chi connectivity index (χ2v) is 8.92. The van der Waals surface area contributed by atoms with Gasteiger partial charge in [0.15, 0.2) is 6.10 Å². The van der Waals surface area contributed by atoms with Crippen molar-refractivity contribution in [1.82, 2.24) is 4.72 Å². The van der Waals surface area contributed by atoms with E-state index in [9.17, 15) is 18.0 Å². The van der Waals surface area contributed by atoms with Gasteiger partial charge in [0, 0.05) is 17.8 Å². The number of carbonyl (C=O) groups is 2. The molecular formula is C23H28N2O6S. The molecule has 1 amide bonds. The molecule has 2 aromatic carbocycles. The summed E-state index contributed by atoms with van der Waals surface area (Å²) in [5, 5.41) is 2.59. The molecule has 9 heteroatoms. The van der Waals surface area contributed by atoms with E-state index in [1.54, 1.807) is 44.2 Å². The molecule has 0 aliphatic carbocycles. The Kier molecular flexibility index (Phi) is 8.98. The first kappa shape index (κ1) is 25.1. The van der Waals surface area contributed by atoms with Crippen LogP contribution in [0.4, 0.5) is 5.69 Å². The van der Waals surface area contributed by atoms with Crippen molar-refractivity contribution in [2.45, 2.75) is 44.7 Å². The summed E-state index contributed by atoms with van der Waals surface area (Å²) < 4.78 is 37.3. The highest BCUT2D eigenvalue weighted by Gasteiger charge is 2.18. The van der Waals surface area contributed by atoms with Gasteiger partial charge < -0.3 is 14.8 Å². The van der Waals surface area contributed by atoms with Crippen LogP contribution in [0, 0.1) is 0 Å². The number of esters is 1. The monoisotopic (exact) mass is 460 g/mol. The average Bonchev–Trinajstić information content (AvgIpc) is 2.73. The van der Waals surface area contributed by atoms with Gasteiger partial charge in [-0.05, 0) is 75.7 Å². The van der Waals surface area contributed by atoms with Crippen LogP contribution in [0.1, 0.15) is 33.3 Å². The summed E-state index contributed by atoms with van der Waals surface area (Å²) in [6.07, 6.45) is 1.77. The number of nitrogens with one attached hydrogen (secondary N) is 2. The maximum Gasteiger partial charge on any atom is 0.331 e. The van der Waals surface area contributed by atoms with Gasteiger partial charge in [-0.1, -0.05) is 12.1 Å². The first-order valence-corrected chi connectivity index (χ1v) is 11.6. The molecule has 0 heterocycles. The largest absolute Gasteiger partial charge is 0.494 e. The van der Waals surface area contributed by atoms with Gasteiger partial charge in [0.1, 0.15) is 5.75 Å². The minimum absolute atomic E-state index is 0.0862. The van der Waals surface area contributed by atoms with E-state index in [1.165, 1.54) is 37.3 Å². The zero-order chi connectivity index (χ0) is 23.7. The summed E-state index contributed by atoms with van der Waals surface area (Å²) in [7, 11) is -3.62. The Morgan fingerprint density at radius 1 is 1.00 bits per heavy atom. The summed E-state index contributed by atoms with van der Waals surface area (Å²) in [5.74, 6) is -0.467. The Labute approximate surface area is 188 Å². The molecule has 2 rings (SSSR count). The third kappa shape index (κ3) is 7.82. The lowest BCUT2D eigenvalue weighted by Gasteiger charge is -2.13. The molecule has 0 saturated carbocycles. The molecule has 0 aliphatic rings. The molecular weight excluding hydrogens is 432 g/mol. The predicted molar refractivity (Wildman–Crippen MR) is 123 cm³/mol. The first-order valence-electron chi connectivity index (χ1n) is 10.2. The summed E-state index contributed by atoms with van der Waals surface area (Å²) in [5.41, 5.74) is 1.16. The predicted octanol–water partition coefficient (Wildman–Crippen LogP) is 3.36. The Hall–Kier alpha value is -3.17. The van der Waals surface area contributed by atoms with Gasteiger partial charge in [-0.25, -0.2) is 17.9 Å². The highest BCUT2D eigenvalue weighted by Crippen LogP contribution is 2.15. The normalized spacial score (nSPS) is 12.5. The van der Waals surface area contributed by atoms with Crippen molar-refractivity contribution in [3.05, 3.63) is 60.2 Å². The number of anilines is 1. The lowest BCUT2D eigenvalue weighted by Crippen LogP contribution is -2.30. The van der Waals surface area contributed by atoms with Crippen molar-refractivity contribution in [2.75, 3.05) is 11.9 Å². The Morgan fingerprint density at radius 2 is 1.62 bits per heavy atom. The van der Waals surface area contributed by atoms with Gasteiger partial charge in [0.05, 0.1) is 11.5 Å². The smallest absolute Gasteiger partial charge is 0.331 e. The standard InChI is InChI=1S/C23H28N2O6S/c1-5-30-20-11-6-18(7-12-20)8-15-22(26)31-17(4)23(27)24-19-9-13-21(14-10-19)32(28,29)25-16(2)3/h6-17,25H,5H2,1-4H3,(H,24,27)/b15-8+. The van der Waals surface area contributed by atoms with Crippen LogP contribution in [0.3, 0.4) is 0 Å². The molecule has 0 bridgehead atoms. The molecule has 172 valence electrons. The molecule has 0 saturated heterocycles. The van der Waals surface area contributed by atoms with Crippen LogP contribution < -0.4 is 14.8 Å². The van der Waals surface area contributed by atoms with Crippen LogP contribution in [0.2, 0.25) is 0 Å². The quantitative estimate of drug-likeness (QED) is 0.416. The second-order valence-electron chi connectivity index (χ2n) is 7.20. The molecule has 8 nitrogen and oxygen atoms in total. The van der Waals surface area contributed by atoms with Crippen LogP contribution >= 0.6 is 0 Å². The number of rotatable bonds is 10. The van der Waals surface area contributed by atoms with Gasteiger partial charge in [-0.3, -0.25) is 4.79 Å². The molecule has 0 spiro atoms. The van der Waals surface area contributed by atoms with Crippen molar-refractivity contribution in [3.8, 4) is 5.75 Å². The van der Waals surface area contributed by atoms with E-state index in [0.29, 0.717) is 12.3 Å². The summed E-state index contributed by atoms with van der Waals surface area (Å²) in [6.45, 7) is 7.36. The van der Waals surface area contributed by atoms with Gasteiger partial charge in [-0.2, -0.15) is 0 Å². The Bertz CT molecular complexity index is 1040. The molecule has 2 aromatic rings. The van der Waals surface area contributed by atoms with E-state index in [4.69, 9.17) is 9.47 Å². The number of carbonyl (C=O) groups excluding carboxylic acids is 2. The van der Waals surface area contributed by atoms with E-state index >= 15 is 0 Å². The molecule has 1 atom stereocenters. The van der Waals surface area contributed by atoms with Crippen LogP contribution in [0.15, 0.2) is 59.5 Å². The van der Waals surface area contributed by atoms with Crippen LogP contribution in [-0.2, 0) is 24.3 Å². The SMILES string of the molecule is CCOc1ccc(/C=C/C(=O)OC(C)C(=O)Nc2ccc(S(=O)(=O)NC(C)C)cc2)cc1. The zero-order valence-corrected chi connectivity index (χ0v) is 19.3. The first-order chi connectivity index (χ1) is 15.1. The topological polar surface area (TPSA) is 111 Å². The minimum atomic E-state index is -3.62. The Balaban J connectivity index is 1.90. The van der Waals surface area contributed by atoms with Crippen molar-refractivity contribution in [3.63, 3.8) is 0 Å². The van der Waals surface area contributed by atoms with Gasteiger partial charge in [0.25, 0.3) is 5.91 Å². The van der Waals surface area contributed by atoms with Crippen LogP contribution in [0.25, 0.3) is 6.08 Å². The Morgan fingerprint density at radius 3 is 2.19 bits per heavy atom. The second kappa shape index (κ2) is 11.4. The van der Waals surface area contributed by atoms with Gasteiger partial charge in [0.2, 0.25) is 10.0 Å². The van der Waals surface area contributed by atoms with Crippen molar-refractivity contribution < 1.29 is 27.5 Å². The number of ether oxygens (including phenoxy) is 2. The zero-order valence-electron chi connectivity index (χ0n) is 18.5. The van der Waals surface area contributed by atoms with E-state index in [1.807, 2.05) is 6.92 Å². The molecule has 2 N–H and O–H groups in total. The third-order valence-corrected chi connectivity index (χ3v) is 5.76. The summed E-state index contributed by atoms with van der Waals surface area (Å²) in [6, 6.07) is 12.6.